The fourth-order valence-corrected chi connectivity index (χ4v) is 3.50. The normalized spacial score (nSPS) is 19.5. The van der Waals surface area contributed by atoms with Crippen molar-refractivity contribution >= 4 is 5.91 Å². The number of likely N-dealkylation sites (tertiary alicyclic amines) is 1. The van der Waals surface area contributed by atoms with E-state index in [2.05, 4.69) is 0 Å². The number of aliphatic hydroxyl groups is 1. The molecule has 1 fully saturated rings. The van der Waals surface area contributed by atoms with Crippen LogP contribution >= 0.6 is 0 Å². The van der Waals surface area contributed by atoms with Crippen LogP contribution in [0.1, 0.15) is 35.7 Å². The van der Waals surface area contributed by atoms with Crippen LogP contribution in [0.3, 0.4) is 0 Å². The van der Waals surface area contributed by atoms with Crippen LogP contribution in [0.25, 0.3) is 0 Å². The summed E-state index contributed by atoms with van der Waals surface area (Å²) in [6.07, 6.45) is 1.44. The van der Waals surface area contributed by atoms with Crippen molar-refractivity contribution in [2.24, 2.45) is 0 Å². The van der Waals surface area contributed by atoms with E-state index in [4.69, 9.17) is 4.74 Å². The number of halogens is 1. The molecule has 0 unspecified atom stereocenters. The quantitative estimate of drug-likeness (QED) is 0.926. The van der Waals surface area contributed by atoms with Crippen LogP contribution in [0, 0.1) is 5.82 Å². The Hall–Kier alpha value is -2.40. The number of rotatable bonds is 4. The maximum absolute atomic E-state index is 14.0. The fourth-order valence-electron chi connectivity index (χ4n) is 3.50. The van der Waals surface area contributed by atoms with Crippen molar-refractivity contribution in [1.29, 1.82) is 0 Å². The van der Waals surface area contributed by atoms with Gasteiger partial charge in [0.1, 0.15) is 17.2 Å². The van der Waals surface area contributed by atoms with E-state index in [1.54, 1.807) is 55.3 Å². The zero-order chi connectivity index (χ0) is 18.0. The van der Waals surface area contributed by atoms with E-state index in [0.717, 1.165) is 6.42 Å². The molecule has 4 nitrogen and oxygen atoms in total. The lowest BCUT2D eigenvalue weighted by atomic mass is 9.86. The van der Waals surface area contributed by atoms with Gasteiger partial charge in [-0.2, -0.15) is 0 Å². The van der Waals surface area contributed by atoms with E-state index in [-0.39, 0.29) is 11.5 Å². The number of amides is 1. The van der Waals surface area contributed by atoms with Crippen LogP contribution in [-0.4, -0.2) is 35.6 Å². The van der Waals surface area contributed by atoms with Gasteiger partial charge < -0.3 is 14.7 Å². The third-order valence-corrected chi connectivity index (χ3v) is 4.94. The molecule has 2 atom stereocenters. The highest BCUT2D eigenvalue weighted by Gasteiger charge is 2.43. The predicted molar refractivity (Wildman–Crippen MR) is 93.0 cm³/mol. The molecule has 2 aromatic rings. The minimum absolute atomic E-state index is 0.0416. The summed E-state index contributed by atoms with van der Waals surface area (Å²) in [7, 11) is 1.58. The lowest BCUT2D eigenvalue weighted by molar-refractivity contribution is -0.0178. The van der Waals surface area contributed by atoms with Gasteiger partial charge in [-0.05, 0) is 49.6 Å². The molecule has 1 amide bonds. The number of hydrogen-bond donors (Lipinski definition) is 1. The Labute approximate surface area is 146 Å². The molecule has 1 aliphatic rings. The van der Waals surface area contributed by atoms with Crippen molar-refractivity contribution in [2.45, 2.75) is 31.4 Å². The molecule has 5 heteroatoms. The smallest absolute Gasteiger partial charge is 0.257 e. The van der Waals surface area contributed by atoms with Gasteiger partial charge in [-0.1, -0.05) is 24.3 Å². The van der Waals surface area contributed by atoms with Gasteiger partial charge in [0.05, 0.1) is 18.7 Å². The Morgan fingerprint density at radius 2 is 1.92 bits per heavy atom. The van der Waals surface area contributed by atoms with Crippen LogP contribution in [0.4, 0.5) is 4.39 Å². The van der Waals surface area contributed by atoms with Gasteiger partial charge in [0.2, 0.25) is 0 Å². The van der Waals surface area contributed by atoms with Gasteiger partial charge in [0.15, 0.2) is 0 Å². The Kier molecular flexibility index (Phi) is 4.77. The van der Waals surface area contributed by atoms with Crippen LogP contribution in [-0.2, 0) is 5.60 Å². The molecule has 3 rings (SSSR count). The lowest BCUT2D eigenvalue weighted by Gasteiger charge is -2.37. The van der Waals surface area contributed by atoms with Crippen LogP contribution in [0.15, 0.2) is 48.5 Å². The lowest BCUT2D eigenvalue weighted by Crippen LogP contribution is -2.48. The van der Waals surface area contributed by atoms with Gasteiger partial charge in [-0.3, -0.25) is 4.79 Å². The molecule has 0 aliphatic carbocycles. The van der Waals surface area contributed by atoms with E-state index in [0.29, 0.717) is 24.3 Å². The van der Waals surface area contributed by atoms with E-state index in [1.165, 1.54) is 12.1 Å². The molecule has 0 aromatic heterocycles. The highest BCUT2D eigenvalue weighted by atomic mass is 19.1. The third kappa shape index (κ3) is 3.24. The number of methoxy groups -OCH3 is 1. The predicted octanol–water partition coefficient (Wildman–Crippen LogP) is 3.35. The number of ether oxygens (including phenoxy) is 1. The van der Waals surface area contributed by atoms with E-state index >= 15 is 0 Å². The summed E-state index contributed by atoms with van der Waals surface area (Å²) in [5.74, 6) is -0.220. The second kappa shape index (κ2) is 6.84. The van der Waals surface area contributed by atoms with Crippen molar-refractivity contribution in [1.82, 2.24) is 4.90 Å². The monoisotopic (exact) mass is 343 g/mol. The molecule has 0 spiro atoms. The van der Waals surface area contributed by atoms with Crippen molar-refractivity contribution in [2.75, 3.05) is 13.7 Å². The highest BCUT2D eigenvalue weighted by Crippen LogP contribution is 2.36. The molecular weight excluding hydrogens is 321 g/mol. The SMILES string of the molecule is COc1ccc([C@@](C)(O)[C@H]2CCCN2C(=O)c2ccccc2F)cc1. The molecule has 25 heavy (non-hydrogen) atoms. The van der Waals surface area contributed by atoms with Gasteiger partial charge in [0, 0.05) is 6.54 Å². The molecular formula is C20H22FNO3. The molecule has 0 bridgehead atoms. The molecule has 0 radical (unpaired) electrons. The minimum atomic E-state index is -1.23. The standard InChI is InChI=1S/C20H22FNO3/c1-20(24,14-9-11-15(25-2)12-10-14)18-8-5-13-22(18)19(23)16-6-3-4-7-17(16)21/h3-4,6-7,9-12,18,24H,5,8,13H2,1-2H3/t18-,20-/m1/s1. The largest absolute Gasteiger partial charge is 0.497 e. The zero-order valence-corrected chi connectivity index (χ0v) is 14.4. The maximum atomic E-state index is 14.0. The van der Waals surface area contributed by atoms with Crippen molar-refractivity contribution < 1.29 is 19.0 Å². The molecule has 1 aliphatic heterocycles. The third-order valence-electron chi connectivity index (χ3n) is 4.94. The summed E-state index contributed by atoms with van der Waals surface area (Å²) in [4.78, 5) is 14.4. The molecule has 0 saturated carbocycles. The second-order valence-corrected chi connectivity index (χ2v) is 6.51. The summed E-state index contributed by atoms with van der Waals surface area (Å²) in [5, 5.41) is 11.2. The summed E-state index contributed by atoms with van der Waals surface area (Å²) in [5.41, 5.74) is -0.490. The highest BCUT2D eigenvalue weighted by molar-refractivity contribution is 5.95. The molecule has 1 heterocycles. The maximum Gasteiger partial charge on any atom is 0.257 e. The Bertz CT molecular complexity index is 758. The molecule has 1 N–H and O–H groups in total. The second-order valence-electron chi connectivity index (χ2n) is 6.51. The average Bonchev–Trinajstić information content (AvgIpc) is 3.12. The Morgan fingerprint density at radius 1 is 1.24 bits per heavy atom. The van der Waals surface area contributed by atoms with Crippen LogP contribution in [0.5, 0.6) is 5.75 Å². The first-order valence-electron chi connectivity index (χ1n) is 8.37. The van der Waals surface area contributed by atoms with E-state index < -0.39 is 17.5 Å². The summed E-state index contributed by atoms with van der Waals surface area (Å²) < 4.78 is 19.1. The fraction of sp³-hybridized carbons (Fsp3) is 0.350. The minimum Gasteiger partial charge on any atom is -0.497 e. The van der Waals surface area contributed by atoms with Crippen molar-refractivity contribution in [3.8, 4) is 5.75 Å². The average molecular weight is 343 g/mol. The first kappa shape index (κ1) is 17.4. The number of benzene rings is 2. The van der Waals surface area contributed by atoms with Gasteiger partial charge in [0.25, 0.3) is 5.91 Å². The molecule has 132 valence electrons. The first-order chi connectivity index (χ1) is 11.9. The van der Waals surface area contributed by atoms with Crippen molar-refractivity contribution in [3.05, 3.63) is 65.5 Å². The van der Waals surface area contributed by atoms with E-state index in [1.807, 2.05) is 0 Å². The summed E-state index contributed by atoms with van der Waals surface area (Å²) >= 11 is 0. The number of hydrogen-bond acceptors (Lipinski definition) is 3. The van der Waals surface area contributed by atoms with Crippen LogP contribution < -0.4 is 4.74 Å². The first-order valence-corrected chi connectivity index (χ1v) is 8.37. The topological polar surface area (TPSA) is 49.8 Å². The van der Waals surface area contributed by atoms with Crippen molar-refractivity contribution in [3.63, 3.8) is 0 Å². The van der Waals surface area contributed by atoms with Crippen LogP contribution in [0.2, 0.25) is 0 Å². The summed E-state index contributed by atoms with van der Waals surface area (Å²) in [6.45, 7) is 2.20. The number of carbonyl (C=O) groups is 1. The van der Waals surface area contributed by atoms with Gasteiger partial charge in [-0.25, -0.2) is 4.39 Å². The van der Waals surface area contributed by atoms with Gasteiger partial charge in [-0.15, -0.1) is 0 Å². The number of nitrogens with zero attached hydrogens (tertiary/aromatic N) is 1. The summed E-state index contributed by atoms with van der Waals surface area (Å²) in [6, 6.07) is 12.7. The van der Waals surface area contributed by atoms with Gasteiger partial charge >= 0.3 is 0 Å². The zero-order valence-electron chi connectivity index (χ0n) is 14.4. The number of carbonyl (C=O) groups excluding carboxylic acids is 1. The Morgan fingerprint density at radius 3 is 2.56 bits per heavy atom. The van der Waals surface area contributed by atoms with E-state index in [9.17, 15) is 14.3 Å². The Balaban J connectivity index is 1.89. The molecule has 1 saturated heterocycles. The molecule has 2 aromatic carbocycles.